The van der Waals surface area contributed by atoms with E-state index in [0.717, 1.165) is 46.7 Å². The molecule has 2 N–H and O–H groups in total. The van der Waals surface area contributed by atoms with Crippen LogP contribution in [0.1, 0.15) is 69.9 Å². The standard InChI is InChI=1S/C23H31N3O2S/c1-14-20(15(2)28-25-14)16-11-12-19-18(13-16)23(21(27)24-19,26-29-22(3,4)5)17-9-7-6-8-10-17/h11-13,17,26H,6-10H2,1-5H3,(H,24,27). The molecule has 1 saturated carbocycles. The highest BCUT2D eigenvalue weighted by atomic mass is 32.2. The van der Waals surface area contributed by atoms with E-state index in [1.807, 2.05) is 19.9 Å². The quantitative estimate of drug-likeness (QED) is 0.627. The summed E-state index contributed by atoms with van der Waals surface area (Å²) in [6.07, 6.45) is 5.76. The lowest BCUT2D eigenvalue weighted by atomic mass is 9.72. The average molecular weight is 414 g/mol. The lowest BCUT2D eigenvalue weighted by molar-refractivity contribution is -0.123. The van der Waals surface area contributed by atoms with Crippen LogP contribution in [0.15, 0.2) is 22.7 Å². The van der Waals surface area contributed by atoms with E-state index in [2.05, 4.69) is 48.1 Å². The molecule has 1 aliphatic carbocycles. The van der Waals surface area contributed by atoms with Gasteiger partial charge in [0.2, 0.25) is 5.91 Å². The van der Waals surface area contributed by atoms with Crippen molar-refractivity contribution in [1.29, 1.82) is 0 Å². The van der Waals surface area contributed by atoms with Gasteiger partial charge in [-0.15, -0.1) is 0 Å². The molecule has 0 saturated heterocycles. The molecule has 29 heavy (non-hydrogen) atoms. The number of carbonyl (C=O) groups excluding carboxylic acids is 1. The van der Waals surface area contributed by atoms with Gasteiger partial charge in [-0.05, 0) is 71.1 Å². The molecule has 4 rings (SSSR count). The van der Waals surface area contributed by atoms with Gasteiger partial charge in [-0.25, -0.2) is 4.72 Å². The topological polar surface area (TPSA) is 67.2 Å². The Morgan fingerprint density at radius 3 is 2.55 bits per heavy atom. The Balaban J connectivity index is 1.84. The summed E-state index contributed by atoms with van der Waals surface area (Å²) in [5.74, 6) is 1.17. The van der Waals surface area contributed by atoms with Crippen molar-refractivity contribution in [2.75, 3.05) is 5.32 Å². The van der Waals surface area contributed by atoms with Gasteiger partial charge < -0.3 is 9.84 Å². The van der Waals surface area contributed by atoms with E-state index in [4.69, 9.17) is 4.52 Å². The van der Waals surface area contributed by atoms with Crippen molar-refractivity contribution in [2.45, 2.75) is 77.0 Å². The zero-order valence-corrected chi connectivity index (χ0v) is 18.8. The third kappa shape index (κ3) is 3.61. The number of nitrogens with one attached hydrogen (secondary N) is 2. The predicted octanol–water partition coefficient (Wildman–Crippen LogP) is 5.72. The largest absolute Gasteiger partial charge is 0.361 e. The van der Waals surface area contributed by atoms with Crippen LogP contribution in [0.2, 0.25) is 0 Å². The highest BCUT2D eigenvalue weighted by molar-refractivity contribution is 7.98. The fraction of sp³-hybridized carbons (Fsp3) is 0.565. The van der Waals surface area contributed by atoms with E-state index >= 15 is 0 Å². The van der Waals surface area contributed by atoms with Gasteiger partial charge in [0, 0.05) is 21.6 Å². The van der Waals surface area contributed by atoms with Crippen molar-refractivity contribution in [3.8, 4) is 11.1 Å². The molecule has 1 aromatic heterocycles. The van der Waals surface area contributed by atoms with Crippen molar-refractivity contribution >= 4 is 23.5 Å². The predicted molar refractivity (Wildman–Crippen MR) is 119 cm³/mol. The second kappa shape index (κ2) is 7.47. The molecular weight excluding hydrogens is 382 g/mol. The van der Waals surface area contributed by atoms with Crippen LogP contribution in [0.5, 0.6) is 0 Å². The molecule has 2 aromatic rings. The molecule has 2 aliphatic rings. The zero-order chi connectivity index (χ0) is 20.8. The lowest BCUT2D eigenvalue weighted by Gasteiger charge is -2.40. The molecule has 0 radical (unpaired) electrons. The molecule has 2 heterocycles. The Kier molecular flexibility index (Phi) is 5.28. The van der Waals surface area contributed by atoms with Crippen molar-refractivity contribution in [2.24, 2.45) is 5.92 Å². The van der Waals surface area contributed by atoms with E-state index in [-0.39, 0.29) is 16.6 Å². The number of carbonyl (C=O) groups is 1. The minimum Gasteiger partial charge on any atom is -0.361 e. The summed E-state index contributed by atoms with van der Waals surface area (Å²) < 4.78 is 9.08. The molecule has 1 unspecified atom stereocenters. The Morgan fingerprint density at radius 2 is 1.93 bits per heavy atom. The van der Waals surface area contributed by atoms with Gasteiger partial charge in [-0.2, -0.15) is 0 Å². The number of fused-ring (bicyclic) bond motifs is 1. The van der Waals surface area contributed by atoms with Crippen LogP contribution in [-0.2, 0) is 10.3 Å². The van der Waals surface area contributed by atoms with E-state index in [1.54, 1.807) is 11.9 Å². The van der Waals surface area contributed by atoms with Crippen molar-refractivity contribution in [3.05, 3.63) is 35.2 Å². The first kappa shape index (κ1) is 20.5. The van der Waals surface area contributed by atoms with E-state index in [0.29, 0.717) is 0 Å². The second-order valence-corrected chi connectivity index (χ2v) is 11.0. The normalized spacial score (nSPS) is 22.6. The fourth-order valence-corrected chi connectivity index (χ4v) is 5.57. The molecule has 0 spiro atoms. The summed E-state index contributed by atoms with van der Waals surface area (Å²) in [7, 11) is 0. The number of hydrogen-bond acceptors (Lipinski definition) is 5. The summed E-state index contributed by atoms with van der Waals surface area (Å²) in [5, 5.41) is 7.29. The second-order valence-electron chi connectivity index (χ2n) is 9.37. The van der Waals surface area contributed by atoms with Crippen LogP contribution in [0.3, 0.4) is 0 Å². The Bertz CT molecular complexity index is 905. The lowest BCUT2D eigenvalue weighted by Crippen LogP contribution is -2.52. The smallest absolute Gasteiger partial charge is 0.250 e. The number of nitrogens with zero attached hydrogens (tertiary/aromatic N) is 1. The molecular formula is C23H31N3O2S. The molecule has 1 aromatic carbocycles. The van der Waals surface area contributed by atoms with E-state index in [9.17, 15) is 4.79 Å². The molecule has 1 amide bonds. The molecule has 156 valence electrons. The molecule has 0 bridgehead atoms. The summed E-state index contributed by atoms with van der Waals surface area (Å²) in [6.45, 7) is 10.4. The number of amides is 1. The van der Waals surface area contributed by atoms with Crippen molar-refractivity contribution < 1.29 is 9.32 Å². The van der Waals surface area contributed by atoms with Crippen molar-refractivity contribution in [3.63, 3.8) is 0 Å². The van der Waals surface area contributed by atoms with Crippen molar-refractivity contribution in [1.82, 2.24) is 9.88 Å². The monoisotopic (exact) mass is 413 g/mol. The molecule has 1 aliphatic heterocycles. The summed E-state index contributed by atoms with van der Waals surface area (Å²) in [5.41, 5.74) is 4.22. The van der Waals surface area contributed by atoms with Crippen LogP contribution < -0.4 is 10.0 Å². The van der Waals surface area contributed by atoms with E-state index < -0.39 is 5.54 Å². The Morgan fingerprint density at radius 1 is 1.21 bits per heavy atom. The highest BCUT2D eigenvalue weighted by Crippen LogP contribution is 2.49. The number of aromatic nitrogens is 1. The van der Waals surface area contributed by atoms with Gasteiger partial charge in [-0.3, -0.25) is 4.79 Å². The number of aryl methyl sites for hydroxylation is 2. The van der Waals surface area contributed by atoms with Gasteiger partial charge in [-0.1, -0.05) is 42.4 Å². The summed E-state index contributed by atoms with van der Waals surface area (Å²) in [4.78, 5) is 13.5. The minimum absolute atomic E-state index is 0.00393. The summed E-state index contributed by atoms with van der Waals surface area (Å²) in [6, 6.07) is 6.26. The number of hydrogen-bond donors (Lipinski definition) is 2. The van der Waals surface area contributed by atoms with Crippen LogP contribution in [0.25, 0.3) is 11.1 Å². The molecule has 5 nitrogen and oxygen atoms in total. The SMILES string of the molecule is Cc1noc(C)c1-c1ccc2c(c1)C(NSC(C)(C)C)(C1CCCCC1)C(=O)N2. The summed E-state index contributed by atoms with van der Waals surface area (Å²) >= 11 is 1.66. The fourth-order valence-electron chi connectivity index (χ4n) is 4.73. The van der Waals surface area contributed by atoms with Crippen LogP contribution in [-0.4, -0.2) is 15.8 Å². The minimum atomic E-state index is -0.706. The average Bonchev–Trinajstić information content (AvgIpc) is 3.16. The van der Waals surface area contributed by atoms with Crippen LogP contribution in [0, 0.1) is 19.8 Å². The van der Waals surface area contributed by atoms with E-state index in [1.165, 1.54) is 19.3 Å². The molecule has 1 fully saturated rings. The van der Waals surface area contributed by atoms with Gasteiger partial charge in [0.25, 0.3) is 0 Å². The third-order valence-electron chi connectivity index (χ3n) is 6.11. The van der Waals surface area contributed by atoms with Crippen LogP contribution in [0.4, 0.5) is 5.69 Å². The first-order valence-electron chi connectivity index (χ1n) is 10.6. The third-order valence-corrected chi connectivity index (χ3v) is 7.14. The van der Waals surface area contributed by atoms with Gasteiger partial charge in [0.05, 0.1) is 5.69 Å². The van der Waals surface area contributed by atoms with Crippen LogP contribution >= 0.6 is 11.9 Å². The highest BCUT2D eigenvalue weighted by Gasteiger charge is 2.53. The Labute approximate surface area is 177 Å². The Hall–Kier alpha value is -1.79. The number of benzene rings is 1. The maximum atomic E-state index is 13.5. The van der Waals surface area contributed by atoms with Gasteiger partial charge >= 0.3 is 0 Å². The number of anilines is 1. The zero-order valence-electron chi connectivity index (χ0n) is 18.0. The molecule has 6 heteroatoms. The number of rotatable bonds is 4. The first-order chi connectivity index (χ1) is 13.7. The molecule has 1 atom stereocenters. The van der Waals surface area contributed by atoms with Gasteiger partial charge in [0.15, 0.2) is 0 Å². The maximum Gasteiger partial charge on any atom is 0.250 e. The maximum absolute atomic E-state index is 13.5. The first-order valence-corrected chi connectivity index (χ1v) is 11.4. The van der Waals surface area contributed by atoms with Gasteiger partial charge in [0.1, 0.15) is 11.3 Å².